The fourth-order valence-corrected chi connectivity index (χ4v) is 4.43. The summed E-state index contributed by atoms with van der Waals surface area (Å²) in [5, 5.41) is 0. The van der Waals surface area contributed by atoms with Crippen molar-refractivity contribution in [3.8, 4) is 0 Å². The second kappa shape index (κ2) is 5.40. The zero-order chi connectivity index (χ0) is 14.4. The summed E-state index contributed by atoms with van der Waals surface area (Å²) >= 11 is 7.50. The van der Waals surface area contributed by atoms with E-state index in [0.717, 1.165) is 28.1 Å². The minimum atomic E-state index is -0.168. The molecule has 2 aromatic rings. The highest BCUT2D eigenvalue weighted by Crippen LogP contribution is 2.43. The third-order valence-electron chi connectivity index (χ3n) is 4.80. The molecule has 0 bridgehead atoms. The van der Waals surface area contributed by atoms with E-state index >= 15 is 0 Å². The number of hydrogen-bond donors (Lipinski definition) is 1. The van der Waals surface area contributed by atoms with Gasteiger partial charge in [-0.15, -0.1) is 0 Å². The van der Waals surface area contributed by atoms with Crippen molar-refractivity contribution in [2.75, 3.05) is 0 Å². The maximum Gasteiger partial charge on any atom is 0.178 e. The van der Waals surface area contributed by atoms with Crippen LogP contribution in [0.15, 0.2) is 12.1 Å². The number of nitrogens with zero attached hydrogens (tertiary/aromatic N) is 1. The smallest absolute Gasteiger partial charge is 0.178 e. The van der Waals surface area contributed by atoms with E-state index in [4.69, 9.17) is 12.2 Å². The zero-order valence-electron chi connectivity index (χ0n) is 11.6. The Morgan fingerprint density at radius 2 is 2.20 bits per heavy atom. The fraction of sp³-hybridized carbons (Fsp3) is 0.533. The van der Waals surface area contributed by atoms with E-state index in [1.54, 1.807) is 6.07 Å². The number of fused-ring (bicyclic) bond motifs is 1. The quantitative estimate of drug-likeness (QED) is 0.522. The van der Waals surface area contributed by atoms with Gasteiger partial charge in [-0.25, -0.2) is 4.39 Å². The molecule has 0 amide bonds. The fourth-order valence-electron chi connectivity index (χ4n) is 3.61. The van der Waals surface area contributed by atoms with E-state index in [1.165, 1.54) is 12.8 Å². The summed E-state index contributed by atoms with van der Waals surface area (Å²) in [6.07, 6.45) is 3.58. The number of halogens is 2. The first-order chi connectivity index (χ1) is 9.52. The zero-order valence-corrected chi connectivity index (χ0v) is 14.6. The average Bonchev–Trinajstić information content (AvgIpc) is 2.90. The van der Waals surface area contributed by atoms with Crippen LogP contribution in [0, 0.1) is 26.0 Å². The molecular formula is C15H18FIN2S. The van der Waals surface area contributed by atoms with Gasteiger partial charge in [-0.3, -0.25) is 0 Å². The molecule has 1 aromatic carbocycles. The van der Waals surface area contributed by atoms with Crippen LogP contribution in [0.5, 0.6) is 0 Å². The van der Waals surface area contributed by atoms with Crippen molar-refractivity contribution >= 4 is 45.8 Å². The largest absolute Gasteiger partial charge is 0.331 e. The number of imidazole rings is 1. The minimum absolute atomic E-state index is 0.168. The van der Waals surface area contributed by atoms with Crippen molar-refractivity contribution in [2.45, 2.75) is 39.2 Å². The van der Waals surface area contributed by atoms with E-state index in [1.807, 2.05) is 28.7 Å². The number of nitrogens with one attached hydrogen (secondary N) is 1. The van der Waals surface area contributed by atoms with Gasteiger partial charge in [-0.05, 0) is 65.6 Å². The number of aromatic amines is 1. The molecule has 1 aromatic heterocycles. The molecule has 3 unspecified atom stereocenters. The van der Waals surface area contributed by atoms with Crippen LogP contribution in [0.4, 0.5) is 4.39 Å². The Morgan fingerprint density at radius 1 is 1.45 bits per heavy atom. The summed E-state index contributed by atoms with van der Waals surface area (Å²) in [4.78, 5) is 3.23. The summed E-state index contributed by atoms with van der Waals surface area (Å²) in [5.74, 6) is 1.17. The Labute approximate surface area is 136 Å². The van der Waals surface area contributed by atoms with Crippen LogP contribution in [0.25, 0.3) is 11.0 Å². The molecule has 1 heterocycles. The lowest BCUT2D eigenvalue weighted by molar-refractivity contribution is 0.332. The van der Waals surface area contributed by atoms with E-state index < -0.39 is 0 Å². The third kappa shape index (κ3) is 2.22. The van der Waals surface area contributed by atoms with E-state index in [2.05, 4.69) is 23.4 Å². The Hall–Kier alpha value is -0.430. The average molecular weight is 404 g/mol. The van der Waals surface area contributed by atoms with Gasteiger partial charge in [0.15, 0.2) is 4.77 Å². The molecule has 1 N–H and O–H groups in total. The van der Waals surface area contributed by atoms with Crippen LogP contribution in [0.3, 0.4) is 0 Å². The summed E-state index contributed by atoms with van der Waals surface area (Å²) in [5.41, 5.74) is 1.84. The highest BCUT2D eigenvalue weighted by atomic mass is 127. The van der Waals surface area contributed by atoms with Gasteiger partial charge in [-0.2, -0.15) is 0 Å². The number of rotatable bonds is 2. The molecule has 1 saturated carbocycles. The van der Waals surface area contributed by atoms with Crippen molar-refractivity contribution in [1.29, 1.82) is 0 Å². The summed E-state index contributed by atoms with van der Waals surface area (Å²) in [6.45, 7) is 4.55. The first-order valence-electron chi connectivity index (χ1n) is 7.12. The van der Waals surface area contributed by atoms with Gasteiger partial charge in [0.2, 0.25) is 0 Å². The number of hydrogen-bond acceptors (Lipinski definition) is 1. The summed E-state index contributed by atoms with van der Waals surface area (Å²) in [7, 11) is 0. The van der Waals surface area contributed by atoms with Gasteiger partial charge in [0.1, 0.15) is 5.82 Å². The standard InChI is InChI=1S/C15H18FIN2S/c1-3-9-4-5-13(8(9)2)19-14-6-10(16)11(17)7-12(14)18-15(19)20/h6-9,13H,3-5H2,1-2H3,(H,18,20). The maximum atomic E-state index is 13.9. The van der Waals surface area contributed by atoms with Gasteiger partial charge >= 0.3 is 0 Å². The van der Waals surface area contributed by atoms with Gasteiger partial charge in [0.25, 0.3) is 0 Å². The molecule has 2 nitrogen and oxygen atoms in total. The molecule has 0 radical (unpaired) electrons. The Bertz CT molecular complexity index is 706. The molecule has 5 heteroatoms. The summed E-state index contributed by atoms with van der Waals surface area (Å²) in [6, 6.07) is 3.85. The molecule has 0 aliphatic heterocycles. The van der Waals surface area contributed by atoms with E-state index in [-0.39, 0.29) is 5.82 Å². The normalized spacial score (nSPS) is 26.5. The molecule has 108 valence electrons. The Morgan fingerprint density at radius 3 is 2.85 bits per heavy atom. The van der Waals surface area contributed by atoms with E-state index in [0.29, 0.717) is 15.5 Å². The highest BCUT2D eigenvalue weighted by molar-refractivity contribution is 14.1. The van der Waals surface area contributed by atoms with E-state index in [9.17, 15) is 4.39 Å². The van der Waals surface area contributed by atoms with Crippen molar-refractivity contribution in [3.63, 3.8) is 0 Å². The lowest BCUT2D eigenvalue weighted by atomic mass is 9.93. The molecule has 3 rings (SSSR count). The molecule has 20 heavy (non-hydrogen) atoms. The Kier molecular flexibility index (Phi) is 3.92. The van der Waals surface area contributed by atoms with Gasteiger partial charge in [0.05, 0.1) is 14.6 Å². The lowest BCUT2D eigenvalue weighted by Gasteiger charge is -2.22. The predicted molar refractivity (Wildman–Crippen MR) is 91.0 cm³/mol. The lowest BCUT2D eigenvalue weighted by Crippen LogP contribution is -2.15. The highest BCUT2D eigenvalue weighted by Gasteiger charge is 2.33. The number of H-pyrrole nitrogens is 1. The van der Waals surface area contributed by atoms with Gasteiger partial charge in [0, 0.05) is 12.1 Å². The molecule has 0 spiro atoms. The topological polar surface area (TPSA) is 20.7 Å². The van der Waals surface area contributed by atoms with Crippen molar-refractivity contribution < 1.29 is 4.39 Å². The number of benzene rings is 1. The Balaban J connectivity index is 2.14. The van der Waals surface area contributed by atoms with Crippen LogP contribution in [-0.2, 0) is 0 Å². The van der Waals surface area contributed by atoms with Crippen LogP contribution < -0.4 is 0 Å². The molecule has 1 fully saturated rings. The van der Waals surface area contributed by atoms with Crippen LogP contribution in [-0.4, -0.2) is 9.55 Å². The van der Waals surface area contributed by atoms with Gasteiger partial charge < -0.3 is 9.55 Å². The molecular weight excluding hydrogens is 386 g/mol. The van der Waals surface area contributed by atoms with Crippen molar-refractivity contribution in [1.82, 2.24) is 9.55 Å². The third-order valence-corrected chi connectivity index (χ3v) is 5.92. The number of aromatic nitrogens is 2. The first-order valence-corrected chi connectivity index (χ1v) is 8.61. The van der Waals surface area contributed by atoms with Crippen LogP contribution in [0.2, 0.25) is 0 Å². The minimum Gasteiger partial charge on any atom is -0.331 e. The van der Waals surface area contributed by atoms with Crippen LogP contribution in [0.1, 0.15) is 39.2 Å². The molecule has 0 saturated heterocycles. The summed E-state index contributed by atoms with van der Waals surface area (Å²) < 4.78 is 17.4. The molecule has 1 aliphatic carbocycles. The van der Waals surface area contributed by atoms with Crippen LogP contribution >= 0.6 is 34.8 Å². The van der Waals surface area contributed by atoms with Crippen molar-refractivity contribution in [2.24, 2.45) is 11.8 Å². The first kappa shape index (κ1) is 14.5. The van der Waals surface area contributed by atoms with Crippen molar-refractivity contribution in [3.05, 3.63) is 26.3 Å². The molecule has 3 atom stereocenters. The maximum absolute atomic E-state index is 13.9. The second-order valence-corrected chi connectivity index (χ2v) is 7.30. The SMILES string of the molecule is CCC1CCC(n2c(=S)[nH]c3cc(I)c(F)cc32)C1C. The second-order valence-electron chi connectivity index (χ2n) is 5.76. The molecule has 1 aliphatic rings. The monoisotopic (exact) mass is 404 g/mol. The predicted octanol–water partition coefficient (Wildman–Crippen LogP) is 5.44. The van der Waals surface area contributed by atoms with Gasteiger partial charge in [-0.1, -0.05) is 20.3 Å².